The largest absolute Gasteiger partial charge is 0.495 e. The summed E-state index contributed by atoms with van der Waals surface area (Å²) >= 11 is 0. The van der Waals surface area contributed by atoms with E-state index in [-0.39, 0.29) is 5.56 Å². The molecule has 0 aliphatic carbocycles. The lowest BCUT2D eigenvalue weighted by molar-refractivity contribution is 0.417. The minimum Gasteiger partial charge on any atom is -0.495 e. The van der Waals surface area contributed by atoms with E-state index in [1.807, 2.05) is 24.3 Å². The van der Waals surface area contributed by atoms with Gasteiger partial charge in [0, 0.05) is 0 Å². The summed E-state index contributed by atoms with van der Waals surface area (Å²) < 4.78 is 6.70. The first-order valence-corrected chi connectivity index (χ1v) is 6.55. The molecule has 0 saturated heterocycles. The van der Waals surface area contributed by atoms with Gasteiger partial charge in [-0.2, -0.15) is 0 Å². The maximum atomic E-state index is 12.4. The van der Waals surface area contributed by atoms with Crippen LogP contribution >= 0.6 is 0 Å². The summed E-state index contributed by atoms with van der Waals surface area (Å²) in [5.74, 6) is 0.628. The Bertz CT molecular complexity index is 856. The van der Waals surface area contributed by atoms with Crippen molar-refractivity contribution >= 4 is 16.6 Å². The molecule has 0 aliphatic rings. The smallest absolute Gasteiger partial charge is 0.261 e. The van der Waals surface area contributed by atoms with Gasteiger partial charge in [-0.15, -0.1) is 0 Å². The third kappa shape index (κ3) is 2.45. The van der Waals surface area contributed by atoms with Crippen molar-refractivity contribution < 1.29 is 4.74 Å². The Hall–Kier alpha value is -2.82. The van der Waals surface area contributed by atoms with Crippen LogP contribution in [0.25, 0.3) is 10.9 Å². The zero-order valence-electron chi connectivity index (χ0n) is 11.6. The van der Waals surface area contributed by atoms with Gasteiger partial charge in [0.2, 0.25) is 0 Å². The van der Waals surface area contributed by atoms with Crippen LogP contribution < -0.4 is 16.0 Å². The van der Waals surface area contributed by atoms with E-state index in [0.29, 0.717) is 28.9 Å². The van der Waals surface area contributed by atoms with Crippen molar-refractivity contribution in [2.24, 2.45) is 0 Å². The highest BCUT2D eigenvalue weighted by molar-refractivity contribution is 5.76. The second-order valence-corrected chi connectivity index (χ2v) is 4.77. The van der Waals surface area contributed by atoms with Crippen molar-refractivity contribution in [1.82, 2.24) is 9.55 Å². The van der Waals surface area contributed by atoms with Gasteiger partial charge in [0.15, 0.2) is 0 Å². The van der Waals surface area contributed by atoms with E-state index < -0.39 is 0 Å². The molecule has 1 aromatic heterocycles. The second kappa shape index (κ2) is 5.28. The zero-order valence-corrected chi connectivity index (χ0v) is 11.6. The minimum atomic E-state index is -0.0602. The van der Waals surface area contributed by atoms with E-state index in [4.69, 9.17) is 10.5 Å². The molecule has 0 atom stereocenters. The maximum absolute atomic E-state index is 12.4. The number of ether oxygens (including phenoxy) is 1. The quantitative estimate of drug-likeness (QED) is 0.746. The Morgan fingerprint density at radius 2 is 2.05 bits per heavy atom. The first kappa shape index (κ1) is 13.2. The minimum absolute atomic E-state index is 0.0602. The number of methoxy groups -OCH3 is 1. The van der Waals surface area contributed by atoms with Gasteiger partial charge >= 0.3 is 0 Å². The number of fused-ring (bicyclic) bond motifs is 1. The fourth-order valence-corrected chi connectivity index (χ4v) is 2.30. The van der Waals surface area contributed by atoms with Crippen LogP contribution in [0.5, 0.6) is 5.75 Å². The number of nitrogens with zero attached hydrogens (tertiary/aromatic N) is 2. The average molecular weight is 281 g/mol. The summed E-state index contributed by atoms with van der Waals surface area (Å²) in [6, 6.07) is 12.8. The molecule has 3 rings (SSSR count). The molecule has 0 unspecified atom stereocenters. The molecule has 0 bridgehead atoms. The predicted molar refractivity (Wildman–Crippen MR) is 82.5 cm³/mol. The Kier molecular flexibility index (Phi) is 3.31. The van der Waals surface area contributed by atoms with Crippen LogP contribution in [0.1, 0.15) is 5.56 Å². The molecule has 3 aromatic rings. The van der Waals surface area contributed by atoms with Gasteiger partial charge < -0.3 is 10.5 Å². The molecule has 106 valence electrons. The van der Waals surface area contributed by atoms with Crippen molar-refractivity contribution in [2.45, 2.75) is 6.54 Å². The number of para-hydroxylation sites is 1. The number of nitrogen functional groups attached to an aromatic ring is 1. The number of anilines is 1. The molecule has 0 saturated carbocycles. The molecule has 1 heterocycles. The van der Waals surface area contributed by atoms with Gasteiger partial charge in [-0.1, -0.05) is 18.2 Å². The Labute approximate surface area is 121 Å². The first-order valence-electron chi connectivity index (χ1n) is 6.55. The number of hydrogen-bond acceptors (Lipinski definition) is 4. The van der Waals surface area contributed by atoms with Gasteiger partial charge in [0.25, 0.3) is 5.56 Å². The van der Waals surface area contributed by atoms with E-state index >= 15 is 0 Å². The van der Waals surface area contributed by atoms with Crippen molar-refractivity contribution in [3.8, 4) is 5.75 Å². The molecular formula is C16H15N3O2. The molecule has 0 spiro atoms. The monoisotopic (exact) mass is 281 g/mol. The van der Waals surface area contributed by atoms with Crippen molar-refractivity contribution in [2.75, 3.05) is 12.8 Å². The highest BCUT2D eigenvalue weighted by atomic mass is 16.5. The molecule has 2 N–H and O–H groups in total. The van der Waals surface area contributed by atoms with Gasteiger partial charge in [-0.3, -0.25) is 9.36 Å². The summed E-state index contributed by atoms with van der Waals surface area (Å²) in [7, 11) is 1.57. The molecule has 21 heavy (non-hydrogen) atoms. The van der Waals surface area contributed by atoms with Crippen LogP contribution in [0, 0.1) is 0 Å². The lowest BCUT2D eigenvalue weighted by Gasteiger charge is -2.09. The van der Waals surface area contributed by atoms with E-state index in [2.05, 4.69) is 4.98 Å². The van der Waals surface area contributed by atoms with E-state index in [0.717, 1.165) is 5.56 Å². The Morgan fingerprint density at radius 3 is 2.81 bits per heavy atom. The van der Waals surface area contributed by atoms with Crippen LogP contribution in [0.2, 0.25) is 0 Å². The molecule has 0 aliphatic heterocycles. The Balaban J connectivity index is 2.00. The predicted octanol–water partition coefficient (Wildman–Crippen LogP) is 2.04. The summed E-state index contributed by atoms with van der Waals surface area (Å²) in [5.41, 5.74) is 8.00. The zero-order chi connectivity index (χ0) is 14.8. The number of rotatable bonds is 3. The van der Waals surface area contributed by atoms with Crippen LogP contribution in [0.4, 0.5) is 5.69 Å². The second-order valence-electron chi connectivity index (χ2n) is 4.77. The molecule has 0 fully saturated rings. The molecule has 0 radical (unpaired) electrons. The van der Waals surface area contributed by atoms with Crippen molar-refractivity contribution in [1.29, 1.82) is 0 Å². The average Bonchev–Trinajstić information content (AvgIpc) is 2.51. The van der Waals surface area contributed by atoms with Crippen LogP contribution in [0.15, 0.2) is 53.6 Å². The maximum Gasteiger partial charge on any atom is 0.261 e. The number of hydrogen-bond donors (Lipinski definition) is 1. The normalized spacial score (nSPS) is 10.7. The fourth-order valence-electron chi connectivity index (χ4n) is 2.30. The van der Waals surface area contributed by atoms with Gasteiger partial charge in [0.05, 0.1) is 36.6 Å². The van der Waals surface area contributed by atoms with Crippen LogP contribution in [0.3, 0.4) is 0 Å². The fraction of sp³-hybridized carbons (Fsp3) is 0.125. The summed E-state index contributed by atoms with van der Waals surface area (Å²) in [6.45, 7) is 0.421. The van der Waals surface area contributed by atoms with Gasteiger partial charge in [0.1, 0.15) is 5.75 Å². The first-order chi connectivity index (χ1) is 10.2. The molecule has 0 amide bonds. The molecule has 5 heteroatoms. The lowest BCUT2D eigenvalue weighted by Crippen LogP contribution is -2.21. The van der Waals surface area contributed by atoms with E-state index in [9.17, 15) is 4.79 Å². The summed E-state index contributed by atoms with van der Waals surface area (Å²) in [6.07, 6.45) is 1.56. The number of benzene rings is 2. The third-order valence-electron chi connectivity index (χ3n) is 3.38. The van der Waals surface area contributed by atoms with Crippen molar-refractivity contribution in [3.63, 3.8) is 0 Å². The van der Waals surface area contributed by atoms with E-state index in [1.165, 1.54) is 0 Å². The van der Waals surface area contributed by atoms with Crippen LogP contribution in [-0.2, 0) is 6.54 Å². The SMILES string of the molecule is COc1ccc(Cn2cnc3ccccc3c2=O)cc1N. The summed E-state index contributed by atoms with van der Waals surface area (Å²) in [4.78, 5) is 16.7. The van der Waals surface area contributed by atoms with Gasteiger partial charge in [-0.05, 0) is 29.8 Å². The van der Waals surface area contributed by atoms with Crippen molar-refractivity contribution in [3.05, 3.63) is 64.7 Å². The summed E-state index contributed by atoms with van der Waals surface area (Å²) in [5, 5.41) is 0.612. The highest BCUT2D eigenvalue weighted by Gasteiger charge is 2.06. The Morgan fingerprint density at radius 1 is 1.24 bits per heavy atom. The lowest BCUT2D eigenvalue weighted by atomic mass is 10.2. The number of nitrogens with two attached hydrogens (primary N) is 1. The molecule has 5 nitrogen and oxygen atoms in total. The highest BCUT2D eigenvalue weighted by Crippen LogP contribution is 2.22. The van der Waals surface area contributed by atoms with Crippen LogP contribution in [-0.4, -0.2) is 16.7 Å². The molecular weight excluding hydrogens is 266 g/mol. The van der Waals surface area contributed by atoms with E-state index in [1.54, 1.807) is 36.2 Å². The van der Waals surface area contributed by atoms with Gasteiger partial charge in [-0.25, -0.2) is 4.98 Å². The molecule has 2 aromatic carbocycles. The number of aromatic nitrogens is 2. The topological polar surface area (TPSA) is 70.1 Å². The standard InChI is InChI=1S/C16H15N3O2/c1-21-15-7-6-11(8-13(15)17)9-19-10-18-14-5-3-2-4-12(14)16(19)20/h2-8,10H,9,17H2,1H3. The third-order valence-corrected chi connectivity index (χ3v) is 3.38.